The van der Waals surface area contributed by atoms with E-state index in [0.29, 0.717) is 11.9 Å². The van der Waals surface area contributed by atoms with Crippen LogP contribution < -0.4 is 9.80 Å². The Balaban J connectivity index is 2.30. The molecule has 5 nitrogen and oxygen atoms in total. The van der Waals surface area contributed by atoms with Crippen molar-refractivity contribution < 1.29 is 0 Å². The number of nitrogens with zero attached hydrogens (tertiary/aromatic N) is 5. The second-order valence-corrected chi connectivity index (χ2v) is 4.13. The molecule has 1 aliphatic rings. The molecule has 0 aliphatic carbocycles. The van der Waals surface area contributed by atoms with Gasteiger partial charge in [0.15, 0.2) is 0 Å². The maximum atomic E-state index is 5.86. The van der Waals surface area contributed by atoms with Crippen LogP contribution in [-0.4, -0.2) is 42.1 Å². The zero-order chi connectivity index (χ0) is 10.8. The van der Waals surface area contributed by atoms with Crippen molar-refractivity contribution in [3.05, 3.63) is 5.28 Å². The third-order valence-electron chi connectivity index (χ3n) is 2.37. The molecular formula is C9H14ClN5. The van der Waals surface area contributed by atoms with E-state index in [0.717, 1.165) is 13.1 Å². The van der Waals surface area contributed by atoms with E-state index in [1.165, 1.54) is 12.8 Å². The van der Waals surface area contributed by atoms with Crippen molar-refractivity contribution >= 4 is 23.5 Å². The molecule has 1 saturated heterocycles. The van der Waals surface area contributed by atoms with Crippen molar-refractivity contribution in [1.29, 1.82) is 0 Å². The number of hydrogen-bond donors (Lipinski definition) is 0. The Kier molecular flexibility index (Phi) is 2.90. The largest absolute Gasteiger partial charge is 0.347 e. The molecule has 15 heavy (non-hydrogen) atoms. The van der Waals surface area contributed by atoms with Gasteiger partial charge in [0.2, 0.25) is 17.2 Å². The van der Waals surface area contributed by atoms with Crippen LogP contribution in [-0.2, 0) is 0 Å². The normalized spacial score (nSPS) is 15.8. The summed E-state index contributed by atoms with van der Waals surface area (Å²) >= 11 is 5.86. The van der Waals surface area contributed by atoms with Gasteiger partial charge in [-0.25, -0.2) is 0 Å². The molecule has 0 bridgehead atoms. The smallest absolute Gasteiger partial charge is 0.231 e. The summed E-state index contributed by atoms with van der Waals surface area (Å²) in [4.78, 5) is 16.5. The molecule has 0 amide bonds. The average Bonchev–Trinajstić information content (AvgIpc) is 2.69. The molecule has 0 saturated carbocycles. The minimum absolute atomic E-state index is 0.260. The Morgan fingerprint density at radius 2 is 1.80 bits per heavy atom. The topological polar surface area (TPSA) is 45.2 Å². The fraction of sp³-hybridized carbons (Fsp3) is 0.667. The standard InChI is InChI=1S/C9H14ClN5/c1-14(2)8-11-7(10)12-9(13-8)15-5-3-4-6-15/h3-6H2,1-2H3. The molecule has 0 atom stereocenters. The van der Waals surface area contributed by atoms with Crippen molar-refractivity contribution in [2.75, 3.05) is 37.0 Å². The average molecular weight is 228 g/mol. The van der Waals surface area contributed by atoms with E-state index in [1.807, 2.05) is 19.0 Å². The number of rotatable bonds is 2. The molecule has 0 unspecified atom stereocenters. The van der Waals surface area contributed by atoms with Crippen molar-refractivity contribution in [3.63, 3.8) is 0 Å². The van der Waals surface area contributed by atoms with Crippen molar-refractivity contribution in [3.8, 4) is 0 Å². The first-order chi connectivity index (χ1) is 7.16. The summed E-state index contributed by atoms with van der Waals surface area (Å²) in [7, 11) is 3.78. The summed E-state index contributed by atoms with van der Waals surface area (Å²) < 4.78 is 0. The molecule has 6 heteroatoms. The van der Waals surface area contributed by atoms with E-state index in [9.17, 15) is 0 Å². The first-order valence-electron chi connectivity index (χ1n) is 5.00. The summed E-state index contributed by atoms with van der Waals surface area (Å²) in [5, 5.41) is 0.260. The number of anilines is 2. The molecule has 1 fully saturated rings. The monoisotopic (exact) mass is 227 g/mol. The van der Waals surface area contributed by atoms with Crippen LogP contribution in [0.15, 0.2) is 0 Å². The van der Waals surface area contributed by atoms with E-state index in [4.69, 9.17) is 11.6 Å². The van der Waals surface area contributed by atoms with Crippen LogP contribution in [0, 0.1) is 0 Å². The minimum atomic E-state index is 0.260. The van der Waals surface area contributed by atoms with Gasteiger partial charge in [0.05, 0.1) is 0 Å². The lowest BCUT2D eigenvalue weighted by Crippen LogP contribution is -2.23. The van der Waals surface area contributed by atoms with Gasteiger partial charge >= 0.3 is 0 Å². The van der Waals surface area contributed by atoms with Gasteiger partial charge in [-0.3, -0.25) is 0 Å². The predicted molar refractivity (Wildman–Crippen MR) is 60.6 cm³/mol. The number of aromatic nitrogens is 3. The summed E-state index contributed by atoms with van der Waals surface area (Å²) in [5.74, 6) is 1.30. The highest BCUT2D eigenvalue weighted by atomic mass is 35.5. The van der Waals surface area contributed by atoms with Crippen LogP contribution in [0.5, 0.6) is 0 Å². The lowest BCUT2D eigenvalue weighted by molar-refractivity contribution is 0.863. The van der Waals surface area contributed by atoms with E-state index in [2.05, 4.69) is 19.9 Å². The Bertz CT molecular complexity index is 348. The summed E-state index contributed by atoms with van der Waals surface area (Å²) in [6, 6.07) is 0. The van der Waals surface area contributed by atoms with Crippen LogP contribution in [0.1, 0.15) is 12.8 Å². The van der Waals surface area contributed by atoms with Crippen molar-refractivity contribution in [2.24, 2.45) is 0 Å². The van der Waals surface area contributed by atoms with E-state index in [1.54, 1.807) is 0 Å². The first-order valence-corrected chi connectivity index (χ1v) is 5.38. The van der Waals surface area contributed by atoms with Crippen LogP contribution in [0.4, 0.5) is 11.9 Å². The van der Waals surface area contributed by atoms with Crippen molar-refractivity contribution in [2.45, 2.75) is 12.8 Å². The maximum Gasteiger partial charge on any atom is 0.231 e. The molecule has 1 aromatic rings. The van der Waals surface area contributed by atoms with Gasteiger partial charge in [-0.2, -0.15) is 15.0 Å². The van der Waals surface area contributed by atoms with Gasteiger partial charge in [-0.1, -0.05) is 0 Å². The Hall–Kier alpha value is -1.10. The molecule has 1 aromatic heterocycles. The lowest BCUT2D eigenvalue weighted by atomic mass is 10.4. The fourth-order valence-corrected chi connectivity index (χ4v) is 1.74. The van der Waals surface area contributed by atoms with Crippen molar-refractivity contribution in [1.82, 2.24) is 15.0 Å². The molecule has 0 aromatic carbocycles. The predicted octanol–water partition coefficient (Wildman–Crippen LogP) is 1.19. The molecule has 0 spiro atoms. The SMILES string of the molecule is CN(C)c1nc(Cl)nc(N2CCCC2)n1. The van der Waals surface area contributed by atoms with E-state index < -0.39 is 0 Å². The Morgan fingerprint density at radius 1 is 1.13 bits per heavy atom. The third-order valence-corrected chi connectivity index (χ3v) is 2.54. The molecule has 82 valence electrons. The molecule has 0 radical (unpaired) electrons. The highest BCUT2D eigenvalue weighted by molar-refractivity contribution is 6.28. The third kappa shape index (κ3) is 2.28. The van der Waals surface area contributed by atoms with Gasteiger partial charge < -0.3 is 9.80 Å². The summed E-state index contributed by atoms with van der Waals surface area (Å²) in [5.41, 5.74) is 0. The molecule has 1 aliphatic heterocycles. The molecule has 2 heterocycles. The lowest BCUT2D eigenvalue weighted by Gasteiger charge is -2.17. The van der Waals surface area contributed by atoms with E-state index >= 15 is 0 Å². The summed E-state index contributed by atoms with van der Waals surface area (Å²) in [6.45, 7) is 2.01. The fourth-order valence-electron chi connectivity index (χ4n) is 1.59. The van der Waals surface area contributed by atoms with Crippen LogP contribution >= 0.6 is 11.6 Å². The van der Waals surface area contributed by atoms with Gasteiger partial charge in [0.1, 0.15) is 0 Å². The molecule has 0 N–H and O–H groups in total. The molecule has 2 rings (SSSR count). The minimum Gasteiger partial charge on any atom is -0.347 e. The first kappa shape index (κ1) is 10.4. The van der Waals surface area contributed by atoms with Gasteiger partial charge in [-0.15, -0.1) is 0 Å². The van der Waals surface area contributed by atoms with Gasteiger partial charge in [0.25, 0.3) is 0 Å². The highest BCUT2D eigenvalue weighted by Crippen LogP contribution is 2.19. The second kappa shape index (κ2) is 4.18. The summed E-state index contributed by atoms with van der Waals surface area (Å²) in [6.07, 6.45) is 2.39. The Labute approximate surface area is 94.1 Å². The quantitative estimate of drug-likeness (QED) is 0.760. The van der Waals surface area contributed by atoms with Gasteiger partial charge in [0, 0.05) is 27.2 Å². The van der Waals surface area contributed by atoms with Crippen LogP contribution in [0.3, 0.4) is 0 Å². The zero-order valence-electron chi connectivity index (χ0n) is 8.94. The van der Waals surface area contributed by atoms with E-state index in [-0.39, 0.29) is 5.28 Å². The maximum absolute atomic E-state index is 5.86. The highest BCUT2D eigenvalue weighted by Gasteiger charge is 2.17. The van der Waals surface area contributed by atoms with Crippen LogP contribution in [0.25, 0.3) is 0 Å². The Morgan fingerprint density at radius 3 is 2.40 bits per heavy atom. The number of halogens is 1. The molecular weight excluding hydrogens is 214 g/mol. The number of hydrogen-bond acceptors (Lipinski definition) is 5. The second-order valence-electron chi connectivity index (χ2n) is 3.79. The van der Waals surface area contributed by atoms with Crippen LogP contribution in [0.2, 0.25) is 5.28 Å². The zero-order valence-corrected chi connectivity index (χ0v) is 9.70. The van der Waals surface area contributed by atoms with Gasteiger partial charge in [-0.05, 0) is 24.4 Å².